The van der Waals surface area contributed by atoms with Crippen molar-refractivity contribution in [3.05, 3.63) is 83.0 Å². The van der Waals surface area contributed by atoms with E-state index in [0.29, 0.717) is 29.1 Å². The first-order valence-corrected chi connectivity index (χ1v) is 11.6. The van der Waals surface area contributed by atoms with Crippen LogP contribution in [0.3, 0.4) is 0 Å². The minimum absolute atomic E-state index is 0.0311. The van der Waals surface area contributed by atoms with Gasteiger partial charge >= 0.3 is 0 Å². The number of carbonyl (C=O) groups excluding carboxylic acids is 1. The Morgan fingerprint density at radius 1 is 1.06 bits per heavy atom. The van der Waals surface area contributed by atoms with E-state index in [1.165, 1.54) is 24.7 Å². The molecule has 2 fully saturated rings. The van der Waals surface area contributed by atoms with Crippen LogP contribution in [0, 0.1) is 5.92 Å². The normalized spacial score (nSPS) is 19.4. The third kappa shape index (κ3) is 4.41. The lowest BCUT2D eigenvalue weighted by Crippen LogP contribution is -2.16. The van der Waals surface area contributed by atoms with E-state index in [4.69, 9.17) is 11.6 Å². The van der Waals surface area contributed by atoms with Gasteiger partial charge in [-0.1, -0.05) is 29.8 Å². The molecule has 2 atom stereocenters. The summed E-state index contributed by atoms with van der Waals surface area (Å²) in [5.41, 5.74) is 4.34. The molecular formula is C25H23ClN6O. The molecule has 2 aliphatic carbocycles. The predicted octanol–water partition coefficient (Wildman–Crippen LogP) is 5.01. The van der Waals surface area contributed by atoms with E-state index < -0.39 is 0 Å². The highest BCUT2D eigenvalue weighted by molar-refractivity contribution is 6.30. The Bertz CT molecular complexity index is 1350. The monoisotopic (exact) mass is 458 g/mol. The van der Waals surface area contributed by atoms with Crippen molar-refractivity contribution in [3.63, 3.8) is 0 Å². The number of fused-ring (bicyclic) bond motifs is 1. The number of imidazole rings is 1. The van der Waals surface area contributed by atoms with Crippen LogP contribution in [0.5, 0.6) is 0 Å². The van der Waals surface area contributed by atoms with Crippen molar-refractivity contribution in [2.75, 3.05) is 10.6 Å². The first-order chi connectivity index (χ1) is 16.1. The van der Waals surface area contributed by atoms with Crippen LogP contribution in [0.4, 0.5) is 11.6 Å². The summed E-state index contributed by atoms with van der Waals surface area (Å²) in [6.45, 7) is 0.532. The zero-order chi connectivity index (χ0) is 22.4. The fourth-order valence-electron chi connectivity index (χ4n) is 4.32. The SMILES string of the molecule is O=C(Nc1cc(NCc2cn3cc(C4CC4)ccc3n2)ncn1)C1CC1c1cccc(Cl)c1. The minimum Gasteiger partial charge on any atom is -0.364 e. The Morgan fingerprint density at radius 3 is 2.79 bits per heavy atom. The van der Waals surface area contributed by atoms with Gasteiger partial charge in [-0.2, -0.15) is 0 Å². The largest absolute Gasteiger partial charge is 0.364 e. The molecule has 0 aliphatic heterocycles. The fourth-order valence-corrected chi connectivity index (χ4v) is 4.52. The molecule has 3 heterocycles. The molecule has 2 saturated carbocycles. The molecule has 6 rings (SSSR count). The molecule has 2 unspecified atom stereocenters. The number of pyridine rings is 1. The summed E-state index contributed by atoms with van der Waals surface area (Å²) in [5, 5.41) is 6.89. The number of carbonyl (C=O) groups is 1. The maximum atomic E-state index is 12.7. The van der Waals surface area contributed by atoms with Gasteiger partial charge in [-0.25, -0.2) is 15.0 Å². The molecule has 2 aliphatic rings. The average molecular weight is 459 g/mol. The molecule has 0 saturated heterocycles. The molecule has 2 N–H and O–H groups in total. The number of benzene rings is 1. The summed E-state index contributed by atoms with van der Waals surface area (Å²) in [5.74, 6) is 1.95. The second-order valence-electron chi connectivity index (χ2n) is 8.87. The molecule has 0 radical (unpaired) electrons. The van der Waals surface area contributed by atoms with Gasteiger partial charge in [0.1, 0.15) is 23.6 Å². The number of anilines is 2. The van der Waals surface area contributed by atoms with Crippen molar-refractivity contribution in [2.24, 2.45) is 5.92 Å². The lowest BCUT2D eigenvalue weighted by molar-refractivity contribution is -0.117. The van der Waals surface area contributed by atoms with Gasteiger partial charge in [0.25, 0.3) is 0 Å². The smallest absolute Gasteiger partial charge is 0.229 e. The van der Waals surface area contributed by atoms with Crippen molar-refractivity contribution < 1.29 is 4.79 Å². The van der Waals surface area contributed by atoms with Gasteiger partial charge in [0.15, 0.2) is 0 Å². The number of rotatable bonds is 7. The number of hydrogen-bond donors (Lipinski definition) is 2. The summed E-state index contributed by atoms with van der Waals surface area (Å²) >= 11 is 6.08. The number of hydrogen-bond acceptors (Lipinski definition) is 5. The molecule has 3 aromatic heterocycles. The molecule has 33 heavy (non-hydrogen) atoms. The topological polar surface area (TPSA) is 84.2 Å². The molecule has 4 aromatic rings. The van der Waals surface area contributed by atoms with Crippen LogP contribution in [0.2, 0.25) is 5.02 Å². The summed E-state index contributed by atoms with van der Waals surface area (Å²) < 4.78 is 2.09. The van der Waals surface area contributed by atoms with Gasteiger partial charge in [-0.3, -0.25) is 4.79 Å². The van der Waals surface area contributed by atoms with E-state index in [0.717, 1.165) is 23.3 Å². The maximum absolute atomic E-state index is 12.7. The lowest BCUT2D eigenvalue weighted by Gasteiger charge is -2.07. The average Bonchev–Trinajstić information content (AvgIpc) is 3.74. The van der Waals surface area contributed by atoms with E-state index >= 15 is 0 Å². The number of aromatic nitrogens is 4. The summed E-state index contributed by atoms with van der Waals surface area (Å²) in [6.07, 6.45) is 9.05. The highest BCUT2D eigenvalue weighted by atomic mass is 35.5. The standard InChI is InChI=1S/C25H23ClN6O/c26-18-3-1-2-16(8-18)20-9-21(20)25(33)31-23-10-22(28-14-29-23)27-11-19-13-32-12-17(15-4-5-15)6-7-24(32)30-19/h1-3,6-8,10,12-15,20-21H,4-5,9,11H2,(H2,27,28,29,31,33). The van der Waals surface area contributed by atoms with Crippen molar-refractivity contribution in [3.8, 4) is 0 Å². The molecule has 0 spiro atoms. The van der Waals surface area contributed by atoms with Crippen LogP contribution in [0.1, 0.15) is 47.9 Å². The third-order valence-corrected chi connectivity index (χ3v) is 6.58. The highest BCUT2D eigenvalue weighted by Crippen LogP contribution is 2.48. The molecular weight excluding hydrogens is 436 g/mol. The first kappa shape index (κ1) is 20.2. The Labute approximate surface area is 196 Å². The van der Waals surface area contributed by atoms with E-state index in [1.807, 2.05) is 30.5 Å². The van der Waals surface area contributed by atoms with Crippen molar-refractivity contribution in [1.29, 1.82) is 0 Å². The van der Waals surface area contributed by atoms with Crippen molar-refractivity contribution >= 4 is 34.8 Å². The van der Waals surface area contributed by atoms with Gasteiger partial charge in [-0.15, -0.1) is 0 Å². The number of halogens is 1. The maximum Gasteiger partial charge on any atom is 0.229 e. The van der Waals surface area contributed by atoms with E-state index in [2.05, 4.69) is 48.3 Å². The van der Waals surface area contributed by atoms with Crippen LogP contribution in [0.15, 0.2) is 61.2 Å². The second kappa shape index (κ2) is 8.15. The zero-order valence-electron chi connectivity index (χ0n) is 17.9. The van der Waals surface area contributed by atoms with Crippen LogP contribution >= 0.6 is 11.6 Å². The Hall–Kier alpha value is -3.45. The van der Waals surface area contributed by atoms with Crippen molar-refractivity contribution in [1.82, 2.24) is 19.4 Å². The minimum atomic E-state index is -0.0617. The Balaban J connectivity index is 1.08. The Kier molecular flexibility index (Phi) is 4.99. The summed E-state index contributed by atoms with van der Waals surface area (Å²) in [6, 6.07) is 13.7. The summed E-state index contributed by atoms with van der Waals surface area (Å²) in [4.78, 5) is 25.8. The molecule has 0 bridgehead atoms. The molecule has 166 valence electrons. The molecule has 1 aromatic carbocycles. The first-order valence-electron chi connectivity index (χ1n) is 11.2. The van der Waals surface area contributed by atoms with Crippen LogP contribution in [-0.4, -0.2) is 25.3 Å². The molecule has 7 nitrogen and oxygen atoms in total. The van der Waals surface area contributed by atoms with Gasteiger partial charge in [0.05, 0.1) is 12.2 Å². The van der Waals surface area contributed by atoms with Gasteiger partial charge in [0.2, 0.25) is 5.91 Å². The van der Waals surface area contributed by atoms with E-state index in [-0.39, 0.29) is 17.7 Å². The highest BCUT2D eigenvalue weighted by Gasteiger charge is 2.44. The van der Waals surface area contributed by atoms with Crippen molar-refractivity contribution in [2.45, 2.75) is 37.6 Å². The number of nitrogens with one attached hydrogen (secondary N) is 2. The Morgan fingerprint density at radius 2 is 1.94 bits per heavy atom. The quantitative estimate of drug-likeness (QED) is 0.406. The predicted molar refractivity (Wildman–Crippen MR) is 127 cm³/mol. The van der Waals surface area contributed by atoms with Gasteiger partial charge in [0, 0.05) is 29.4 Å². The fraction of sp³-hybridized carbons (Fsp3) is 0.280. The zero-order valence-corrected chi connectivity index (χ0v) is 18.7. The van der Waals surface area contributed by atoms with Crippen LogP contribution in [-0.2, 0) is 11.3 Å². The molecule has 1 amide bonds. The van der Waals surface area contributed by atoms with Gasteiger partial charge in [-0.05, 0) is 60.4 Å². The van der Waals surface area contributed by atoms with Gasteiger partial charge < -0.3 is 15.0 Å². The van der Waals surface area contributed by atoms with E-state index in [9.17, 15) is 4.79 Å². The van der Waals surface area contributed by atoms with E-state index in [1.54, 1.807) is 6.07 Å². The lowest BCUT2D eigenvalue weighted by atomic mass is 10.1. The second-order valence-corrected chi connectivity index (χ2v) is 9.31. The number of amides is 1. The third-order valence-electron chi connectivity index (χ3n) is 6.35. The van der Waals surface area contributed by atoms with Crippen LogP contribution in [0.25, 0.3) is 5.65 Å². The molecule has 8 heteroatoms. The summed E-state index contributed by atoms with van der Waals surface area (Å²) in [7, 11) is 0. The van der Waals surface area contributed by atoms with Crippen LogP contribution < -0.4 is 10.6 Å². The number of nitrogens with zero attached hydrogens (tertiary/aromatic N) is 4.